The van der Waals surface area contributed by atoms with E-state index in [1.807, 2.05) is 6.20 Å². The Bertz CT molecular complexity index is 380. The Balaban J connectivity index is 2.45. The zero-order valence-corrected chi connectivity index (χ0v) is 13.5. The van der Waals surface area contributed by atoms with E-state index in [0.29, 0.717) is 5.92 Å². The van der Waals surface area contributed by atoms with Crippen LogP contribution < -0.4 is 10.2 Å². The molecule has 0 fully saturated rings. The van der Waals surface area contributed by atoms with E-state index < -0.39 is 0 Å². The third-order valence-electron chi connectivity index (χ3n) is 2.96. The van der Waals surface area contributed by atoms with Gasteiger partial charge < -0.3 is 15.0 Å². The molecule has 114 valence electrons. The molecule has 1 aromatic rings. The Kier molecular flexibility index (Phi) is 7.55. The van der Waals surface area contributed by atoms with Crippen molar-refractivity contribution in [2.24, 2.45) is 5.92 Å². The summed E-state index contributed by atoms with van der Waals surface area (Å²) in [4.78, 5) is 6.56. The Morgan fingerprint density at radius 2 is 2.05 bits per heavy atom. The molecule has 0 amide bonds. The summed E-state index contributed by atoms with van der Waals surface area (Å²) in [6.07, 6.45) is 2.16. The van der Waals surface area contributed by atoms with Gasteiger partial charge >= 0.3 is 0 Å². The summed E-state index contributed by atoms with van der Waals surface area (Å²) in [6, 6.07) is 4.21. The molecule has 0 atom stereocenters. The van der Waals surface area contributed by atoms with Crippen molar-refractivity contribution in [2.45, 2.75) is 40.3 Å². The summed E-state index contributed by atoms with van der Waals surface area (Å²) in [5.41, 5.74) is 1.27. The van der Waals surface area contributed by atoms with Gasteiger partial charge in [-0.3, -0.25) is 0 Å². The molecule has 0 aliphatic rings. The first-order valence-electron chi connectivity index (χ1n) is 7.47. The van der Waals surface area contributed by atoms with E-state index in [9.17, 15) is 0 Å². The molecular weight excluding hydrogens is 250 g/mol. The summed E-state index contributed by atoms with van der Waals surface area (Å²) in [5, 5.41) is 3.45. The molecule has 0 bridgehead atoms. The van der Waals surface area contributed by atoms with Gasteiger partial charge in [-0.05, 0) is 44.0 Å². The van der Waals surface area contributed by atoms with Crippen molar-refractivity contribution in [3.8, 4) is 0 Å². The van der Waals surface area contributed by atoms with E-state index in [1.165, 1.54) is 5.56 Å². The van der Waals surface area contributed by atoms with Crippen molar-refractivity contribution in [2.75, 3.05) is 31.6 Å². The van der Waals surface area contributed by atoms with Crippen LogP contribution in [0, 0.1) is 5.92 Å². The lowest BCUT2D eigenvalue weighted by molar-refractivity contribution is 0.0845. The van der Waals surface area contributed by atoms with E-state index >= 15 is 0 Å². The molecule has 0 aliphatic heterocycles. The topological polar surface area (TPSA) is 37.4 Å². The van der Waals surface area contributed by atoms with Crippen LogP contribution in [-0.2, 0) is 11.3 Å². The SMILES string of the molecule is CC(C)CNCc1ccnc(N(C)CCOC(C)C)c1. The summed E-state index contributed by atoms with van der Waals surface area (Å²) in [5.74, 6) is 1.67. The fraction of sp³-hybridized carbons (Fsp3) is 0.688. The number of hydrogen-bond donors (Lipinski definition) is 1. The van der Waals surface area contributed by atoms with Crippen LogP contribution in [0.25, 0.3) is 0 Å². The van der Waals surface area contributed by atoms with E-state index in [-0.39, 0.29) is 6.10 Å². The van der Waals surface area contributed by atoms with Gasteiger partial charge in [0, 0.05) is 26.3 Å². The molecule has 1 N–H and O–H groups in total. The average Bonchev–Trinajstić information content (AvgIpc) is 2.38. The van der Waals surface area contributed by atoms with Crippen LogP contribution >= 0.6 is 0 Å². The molecule has 4 nitrogen and oxygen atoms in total. The van der Waals surface area contributed by atoms with Crippen molar-refractivity contribution in [3.05, 3.63) is 23.9 Å². The molecule has 0 saturated heterocycles. The lowest BCUT2D eigenvalue weighted by Crippen LogP contribution is -2.25. The lowest BCUT2D eigenvalue weighted by atomic mass is 10.2. The standard InChI is InChI=1S/C16H29N3O/c1-13(2)11-17-12-15-6-7-18-16(10-15)19(5)8-9-20-14(3)4/h6-7,10,13-14,17H,8-9,11-12H2,1-5H3. The minimum atomic E-state index is 0.280. The molecule has 4 heteroatoms. The van der Waals surface area contributed by atoms with Crippen LogP contribution in [0.2, 0.25) is 0 Å². The van der Waals surface area contributed by atoms with Crippen molar-refractivity contribution < 1.29 is 4.74 Å². The smallest absolute Gasteiger partial charge is 0.128 e. The molecule has 0 aromatic carbocycles. The van der Waals surface area contributed by atoms with Crippen LogP contribution in [0.1, 0.15) is 33.3 Å². The molecular formula is C16H29N3O. The molecule has 0 radical (unpaired) electrons. The minimum Gasteiger partial charge on any atom is -0.377 e. The average molecular weight is 279 g/mol. The quantitative estimate of drug-likeness (QED) is 0.754. The summed E-state index contributed by atoms with van der Waals surface area (Å²) >= 11 is 0. The monoisotopic (exact) mass is 279 g/mol. The number of likely N-dealkylation sites (N-methyl/N-ethyl adjacent to an activating group) is 1. The maximum absolute atomic E-state index is 5.57. The second kappa shape index (κ2) is 8.93. The molecule has 20 heavy (non-hydrogen) atoms. The molecule has 0 saturated carbocycles. The summed E-state index contributed by atoms with van der Waals surface area (Å²) in [6.45, 7) is 12.1. The highest BCUT2D eigenvalue weighted by Gasteiger charge is 2.04. The van der Waals surface area contributed by atoms with E-state index in [0.717, 1.165) is 32.1 Å². The summed E-state index contributed by atoms with van der Waals surface area (Å²) < 4.78 is 5.57. The predicted octanol–water partition coefficient (Wildman–Crippen LogP) is 2.69. The lowest BCUT2D eigenvalue weighted by Gasteiger charge is -2.19. The van der Waals surface area contributed by atoms with Gasteiger partial charge in [0.15, 0.2) is 0 Å². The second-order valence-corrected chi connectivity index (χ2v) is 5.89. The van der Waals surface area contributed by atoms with Crippen LogP contribution in [0.4, 0.5) is 5.82 Å². The zero-order chi connectivity index (χ0) is 15.0. The van der Waals surface area contributed by atoms with Crippen LogP contribution in [0.5, 0.6) is 0 Å². The number of pyridine rings is 1. The maximum atomic E-state index is 5.57. The van der Waals surface area contributed by atoms with Crippen molar-refractivity contribution in [1.82, 2.24) is 10.3 Å². The number of anilines is 1. The molecule has 0 spiro atoms. The molecule has 0 unspecified atom stereocenters. The van der Waals surface area contributed by atoms with Gasteiger partial charge in [-0.2, -0.15) is 0 Å². The van der Waals surface area contributed by atoms with Gasteiger partial charge in [-0.15, -0.1) is 0 Å². The zero-order valence-electron chi connectivity index (χ0n) is 13.5. The Labute approximate surface area is 123 Å². The number of hydrogen-bond acceptors (Lipinski definition) is 4. The second-order valence-electron chi connectivity index (χ2n) is 5.89. The largest absolute Gasteiger partial charge is 0.377 e. The fourth-order valence-corrected chi connectivity index (χ4v) is 1.82. The third-order valence-corrected chi connectivity index (χ3v) is 2.96. The van der Waals surface area contributed by atoms with E-state index in [2.05, 4.69) is 62.1 Å². The van der Waals surface area contributed by atoms with Gasteiger partial charge in [0.25, 0.3) is 0 Å². The first-order chi connectivity index (χ1) is 9.49. The van der Waals surface area contributed by atoms with Crippen molar-refractivity contribution in [1.29, 1.82) is 0 Å². The molecule has 1 heterocycles. The van der Waals surface area contributed by atoms with Crippen molar-refractivity contribution >= 4 is 5.82 Å². The Morgan fingerprint density at radius 1 is 1.30 bits per heavy atom. The highest BCUT2D eigenvalue weighted by Crippen LogP contribution is 2.11. The molecule has 1 rings (SSSR count). The van der Waals surface area contributed by atoms with Crippen LogP contribution in [0.3, 0.4) is 0 Å². The van der Waals surface area contributed by atoms with Gasteiger partial charge in [-0.25, -0.2) is 4.98 Å². The molecule has 1 aromatic heterocycles. The third kappa shape index (κ3) is 6.87. The van der Waals surface area contributed by atoms with Gasteiger partial charge in [0.1, 0.15) is 5.82 Å². The normalized spacial score (nSPS) is 11.3. The number of rotatable bonds is 9. The van der Waals surface area contributed by atoms with Crippen LogP contribution in [0.15, 0.2) is 18.3 Å². The Morgan fingerprint density at radius 3 is 2.70 bits per heavy atom. The number of aromatic nitrogens is 1. The maximum Gasteiger partial charge on any atom is 0.128 e. The highest BCUT2D eigenvalue weighted by atomic mass is 16.5. The van der Waals surface area contributed by atoms with Gasteiger partial charge in [0.2, 0.25) is 0 Å². The summed E-state index contributed by atoms with van der Waals surface area (Å²) in [7, 11) is 2.05. The highest BCUT2D eigenvalue weighted by molar-refractivity contribution is 5.39. The van der Waals surface area contributed by atoms with E-state index in [4.69, 9.17) is 4.74 Å². The van der Waals surface area contributed by atoms with Crippen molar-refractivity contribution in [3.63, 3.8) is 0 Å². The van der Waals surface area contributed by atoms with Crippen LogP contribution in [-0.4, -0.2) is 37.8 Å². The fourth-order valence-electron chi connectivity index (χ4n) is 1.82. The number of ether oxygens (including phenoxy) is 1. The first-order valence-corrected chi connectivity index (χ1v) is 7.47. The van der Waals surface area contributed by atoms with Gasteiger partial charge in [-0.1, -0.05) is 13.8 Å². The minimum absolute atomic E-state index is 0.280. The first kappa shape index (κ1) is 16.9. The number of nitrogens with zero attached hydrogens (tertiary/aromatic N) is 2. The number of nitrogens with one attached hydrogen (secondary N) is 1. The Hall–Kier alpha value is -1.13. The van der Waals surface area contributed by atoms with E-state index in [1.54, 1.807) is 0 Å². The van der Waals surface area contributed by atoms with Gasteiger partial charge in [0.05, 0.1) is 12.7 Å². The molecule has 0 aliphatic carbocycles. The predicted molar refractivity (Wildman–Crippen MR) is 85.1 cm³/mol.